The van der Waals surface area contributed by atoms with Gasteiger partial charge >= 0.3 is 0 Å². The van der Waals surface area contributed by atoms with Crippen molar-refractivity contribution < 1.29 is 9.84 Å². The van der Waals surface area contributed by atoms with Crippen LogP contribution in [0.4, 0.5) is 0 Å². The summed E-state index contributed by atoms with van der Waals surface area (Å²) in [5, 5.41) is 9.78. The Kier molecular flexibility index (Phi) is 5.69. The lowest BCUT2D eigenvalue weighted by atomic mass is 10.00. The maximum absolute atomic E-state index is 9.78. The van der Waals surface area contributed by atoms with Gasteiger partial charge in [-0.15, -0.1) is 0 Å². The molecule has 2 atom stereocenters. The van der Waals surface area contributed by atoms with Crippen LogP contribution >= 0.6 is 0 Å². The lowest BCUT2D eigenvalue weighted by molar-refractivity contribution is 0.0234. The van der Waals surface area contributed by atoms with E-state index in [9.17, 15) is 5.11 Å². The van der Waals surface area contributed by atoms with Crippen molar-refractivity contribution in [3.05, 3.63) is 0 Å². The molecule has 0 amide bonds. The van der Waals surface area contributed by atoms with Gasteiger partial charge < -0.3 is 20.5 Å². The summed E-state index contributed by atoms with van der Waals surface area (Å²) in [4.78, 5) is 2.42. The van der Waals surface area contributed by atoms with Crippen LogP contribution in [-0.4, -0.2) is 55.0 Å². The summed E-state index contributed by atoms with van der Waals surface area (Å²) >= 11 is 0. The molecule has 0 aromatic carbocycles. The average Bonchev–Trinajstić information content (AvgIpc) is 2.29. The molecule has 0 aromatic heterocycles. The normalized spacial score (nSPS) is 26.6. The molecular weight excluding hydrogens is 204 g/mol. The third-order valence-corrected chi connectivity index (χ3v) is 3.43. The zero-order valence-electron chi connectivity index (χ0n) is 10.6. The number of nitrogens with two attached hydrogens (primary N) is 1. The number of aliphatic hydroxyl groups is 1. The highest BCUT2D eigenvalue weighted by Gasteiger charge is 2.21. The van der Waals surface area contributed by atoms with Crippen molar-refractivity contribution in [1.82, 2.24) is 4.90 Å². The summed E-state index contributed by atoms with van der Waals surface area (Å²) in [6, 6.07) is 0. The molecule has 0 bridgehead atoms. The Hall–Kier alpha value is -0.160. The average molecular weight is 230 g/mol. The number of nitrogens with zero attached hydrogens (tertiary/aromatic N) is 1. The number of hydrogen-bond acceptors (Lipinski definition) is 4. The van der Waals surface area contributed by atoms with E-state index in [0.717, 1.165) is 32.5 Å². The Bertz CT molecular complexity index is 197. The fourth-order valence-corrected chi connectivity index (χ4v) is 2.19. The van der Waals surface area contributed by atoms with Crippen molar-refractivity contribution in [1.29, 1.82) is 0 Å². The van der Waals surface area contributed by atoms with Crippen molar-refractivity contribution in [3.63, 3.8) is 0 Å². The molecule has 0 aliphatic carbocycles. The van der Waals surface area contributed by atoms with Gasteiger partial charge in [0.15, 0.2) is 0 Å². The number of ether oxygens (including phenoxy) is 1. The smallest absolute Gasteiger partial charge is 0.0741 e. The third-order valence-electron chi connectivity index (χ3n) is 3.43. The number of piperidine rings is 1. The van der Waals surface area contributed by atoms with Crippen LogP contribution in [0.3, 0.4) is 0 Å². The van der Waals surface area contributed by atoms with Gasteiger partial charge in [-0.05, 0) is 45.7 Å². The van der Waals surface area contributed by atoms with Gasteiger partial charge in [0, 0.05) is 20.2 Å². The predicted octanol–water partition coefficient (Wildman–Crippen LogP) is 0.587. The molecule has 96 valence electrons. The Morgan fingerprint density at radius 2 is 2.31 bits per heavy atom. The summed E-state index contributed by atoms with van der Waals surface area (Å²) in [6.45, 7) is 5.37. The lowest BCUT2D eigenvalue weighted by Crippen LogP contribution is -2.41. The summed E-state index contributed by atoms with van der Waals surface area (Å²) in [6.07, 6.45) is 4.56. The van der Waals surface area contributed by atoms with Crippen LogP contribution in [0.5, 0.6) is 0 Å². The lowest BCUT2D eigenvalue weighted by Gasteiger charge is -2.32. The van der Waals surface area contributed by atoms with E-state index in [1.54, 1.807) is 14.0 Å². The number of likely N-dealkylation sites (tertiary alicyclic amines) is 1. The minimum absolute atomic E-state index is 0.341. The first-order valence-corrected chi connectivity index (χ1v) is 6.25. The van der Waals surface area contributed by atoms with Crippen LogP contribution in [-0.2, 0) is 4.74 Å². The zero-order valence-corrected chi connectivity index (χ0v) is 10.6. The van der Waals surface area contributed by atoms with Gasteiger partial charge in [0.05, 0.1) is 11.7 Å². The molecule has 2 unspecified atom stereocenters. The van der Waals surface area contributed by atoms with E-state index in [1.807, 2.05) is 0 Å². The van der Waals surface area contributed by atoms with Crippen molar-refractivity contribution >= 4 is 0 Å². The largest absolute Gasteiger partial charge is 0.389 e. The first kappa shape index (κ1) is 13.9. The minimum atomic E-state index is -0.698. The maximum Gasteiger partial charge on any atom is 0.0741 e. The fourth-order valence-electron chi connectivity index (χ4n) is 2.19. The van der Waals surface area contributed by atoms with E-state index in [1.165, 1.54) is 12.8 Å². The SMILES string of the molecule is COC1CCCN(CCCC(C)(O)CN)C1. The van der Waals surface area contributed by atoms with Crippen LogP contribution in [0, 0.1) is 0 Å². The summed E-state index contributed by atoms with van der Waals surface area (Å²) in [7, 11) is 1.79. The van der Waals surface area contributed by atoms with E-state index < -0.39 is 5.60 Å². The van der Waals surface area contributed by atoms with Crippen LogP contribution in [0.1, 0.15) is 32.6 Å². The van der Waals surface area contributed by atoms with Crippen LogP contribution < -0.4 is 5.73 Å². The Morgan fingerprint density at radius 1 is 1.56 bits per heavy atom. The Labute approximate surface area is 98.8 Å². The Balaban J connectivity index is 2.17. The molecule has 4 nitrogen and oxygen atoms in total. The zero-order chi connectivity index (χ0) is 12.0. The van der Waals surface area contributed by atoms with Gasteiger partial charge in [0.2, 0.25) is 0 Å². The topological polar surface area (TPSA) is 58.7 Å². The highest BCUT2D eigenvalue weighted by atomic mass is 16.5. The van der Waals surface area contributed by atoms with Crippen LogP contribution in [0.2, 0.25) is 0 Å². The first-order chi connectivity index (χ1) is 7.57. The van der Waals surface area contributed by atoms with Crippen LogP contribution in [0.25, 0.3) is 0 Å². The second-order valence-electron chi connectivity index (χ2n) is 5.11. The quantitative estimate of drug-likeness (QED) is 0.701. The maximum atomic E-state index is 9.78. The molecule has 4 heteroatoms. The van der Waals surface area contributed by atoms with E-state index in [2.05, 4.69) is 4.90 Å². The van der Waals surface area contributed by atoms with E-state index in [4.69, 9.17) is 10.5 Å². The fraction of sp³-hybridized carbons (Fsp3) is 1.00. The molecular formula is C12H26N2O2. The molecule has 1 saturated heterocycles. The van der Waals surface area contributed by atoms with Gasteiger partial charge in [-0.1, -0.05) is 0 Å². The van der Waals surface area contributed by atoms with Crippen molar-refractivity contribution in [3.8, 4) is 0 Å². The van der Waals surface area contributed by atoms with E-state index >= 15 is 0 Å². The molecule has 1 heterocycles. The monoisotopic (exact) mass is 230 g/mol. The molecule has 0 saturated carbocycles. The highest BCUT2D eigenvalue weighted by molar-refractivity contribution is 4.76. The van der Waals surface area contributed by atoms with Gasteiger partial charge in [0.1, 0.15) is 0 Å². The number of methoxy groups -OCH3 is 1. The van der Waals surface area contributed by atoms with Crippen molar-refractivity contribution in [2.45, 2.75) is 44.3 Å². The molecule has 0 spiro atoms. The molecule has 1 fully saturated rings. The predicted molar refractivity (Wildman–Crippen MR) is 65.4 cm³/mol. The van der Waals surface area contributed by atoms with Gasteiger partial charge in [-0.2, -0.15) is 0 Å². The van der Waals surface area contributed by atoms with Gasteiger partial charge in [-0.3, -0.25) is 0 Å². The standard InChI is InChI=1S/C12H26N2O2/c1-12(15,10-13)6-4-8-14-7-3-5-11(9-14)16-2/h11,15H,3-10,13H2,1-2H3. The first-order valence-electron chi connectivity index (χ1n) is 6.25. The number of hydrogen-bond donors (Lipinski definition) is 2. The number of rotatable bonds is 6. The van der Waals surface area contributed by atoms with Gasteiger partial charge in [0.25, 0.3) is 0 Å². The highest BCUT2D eigenvalue weighted by Crippen LogP contribution is 2.15. The molecule has 1 aliphatic heterocycles. The molecule has 0 aromatic rings. The molecule has 1 aliphatic rings. The van der Waals surface area contributed by atoms with Crippen molar-refractivity contribution in [2.24, 2.45) is 5.73 Å². The van der Waals surface area contributed by atoms with Crippen LogP contribution in [0.15, 0.2) is 0 Å². The summed E-state index contributed by atoms with van der Waals surface area (Å²) in [5.74, 6) is 0. The molecule has 3 N–H and O–H groups in total. The van der Waals surface area contributed by atoms with Gasteiger partial charge in [-0.25, -0.2) is 0 Å². The summed E-state index contributed by atoms with van der Waals surface area (Å²) in [5.41, 5.74) is 4.79. The van der Waals surface area contributed by atoms with E-state index in [0.29, 0.717) is 12.6 Å². The van der Waals surface area contributed by atoms with Crippen molar-refractivity contribution in [2.75, 3.05) is 33.3 Å². The third kappa shape index (κ3) is 4.78. The minimum Gasteiger partial charge on any atom is -0.389 e. The summed E-state index contributed by atoms with van der Waals surface area (Å²) < 4.78 is 5.38. The van der Waals surface area contributed by atoms with E-state index in [-0.39, 0.29) is 0 Å². The molecule has 1 rings (SSSR count). The second kappa shape index (κ2) is 6.55. The molecule has 16 heavy (non-hydrogen) atoms. The molecule has 0 radical (unpaired) electrons. The Morgan fingerprint density at radius 3 is 2.94 bits per heavy atom. The second-order valence-corrected chi connectivity index (χ2v) is 5.11.